The fourth-order valence-electron chi connectivity index (χ4n) is 1.41. The fourth-order valence-corrected chi connectivity index (χ4v) is 3.10. The average Bonchev–Trinajstić information content (AvgIpc) is 2.59. The number of thiazole rings is 1. The van der Waals surface area contributed by atoms with Crippen LogP contribution in [-0.2, 0) is 5.60 Å². The maximum atomic E-state index is 10.1. The van der Waals surface area contributed by atoms with Crippen LogP contribution >= 0.6 is 27.3 Å². The van der Waals surface area contributed by atoms with Gasteiger partial charge in [-0.3, -0.25) is 0 Å². The third-order valence-corrected chi connectivity index (χ3v) is 3.96. The van der Waals surface area contributed by atoms with Crippen LogP contribution in [0.25, 0.3) is 0 Å². The van der Waals surface area contributed by atoms with Crippen molar-refractivity contribution in [1.29, 1.82) is 0 Å². The monoisotopic (exact) mass is 248 g/mol. The lowest BCUT2D eigenvalue weighted by Crippen LogP contribution is -2.27. The highest BCUT2D eigenvalue weighted by atomic mass is 79.9. The SMILES string of the molecule is OC1(c2scnc2Br)CCNC1. The summed E-state index contributed by atoms with van der Waals surface area (Å²) in [4.78, 5) is 4.99. The highest BCUT2D eigenvalue weighted by Gasteiger charge is 2.36. The molecule has 1 saturated heterocycles. The first-order valence-corrected chi connectivity index (χ1v) is 5.42. The molecule has 1 aromatic heterocycles. The minimum atomic E-state index is -0.694. The summed E-state index contributed by atoms with van der Waals surface area (Å²) in [5.74, 6) is 0. The second kappa shape index (κ2) is 3.06. The number of rotatable bonds is 1. The Bertz CT molecular complexity index is 283. The van der Waals surface area contributed by atoms with Crippen molar-refractivity contribution in [3.8, 4) is 0 Å². The number of hydrogen-bond donors (Lipinski definition) is 2. The summed E-state index contributed by atoms with van der Waals surface area (Å²) in [5, 5.41) is 13.2. The van der Waals surface area contributed by atoms with Crippen molar-refractivity contribution in [1.82, 2.24) is 10.3 Å². The van der Waals surface area contributed by atoms with E-state index in [0.717, 1.165) is 22.4 Å². The molecule has 1 aliphatic rings. The van der Waals surface area contributed by atoms with E-state index in [0.29, 0.717) is 6.54 Å². The molecule has 66 valence electrons. The summed E-state index contributed by atoms with van der Waals surface area (Å²) < 4.78 is 0.777. The molecule has 1 aliphatic heterocycles. The van der Waals surface area contributed by atoms with Crippen molar-refractivity contribution in [2.24, 2.45) is 0 Å². The molecule has 2 N–H and O–H groups in total. The van der Waals surface area contributed by atoms with Gasteiger partial charge in [-0.2, -0.15) is 0 Å². The number of β-amino-alcohol motifs (C(OH)–C–C–N with tert-alkyl or cyclic N) is 1. The Labute approximate surface area is 83.0 Å². The maximum Gasteiger partial charge on any atom is 0.123 e. The van der Waals surface area contributed by atoms with E-state index in [4.69, 9.17) is 0 Å². The van der Waals surface area contributed by atoms with Gasteiger partial charge in [0, 0.05) is 6.54 Å². The van der Waals surface area contributed by atoms with Gasteiger partial charge in [0.15, 0.2) is 0 Å². The summed E-state index contributed by atoms with van der Waals surface area (Å²) in [6.07, 6.45) is 0.772. The van der Waals surface area contributed by atoms with Crippen LogP contribution in [0.1, 0.15) is 11.3 Å². The van der Waals surface area contributed by atoms with Crippen molar-refractivity contribution in [2.45, 2.75) is 12.0 Å². The lowest BCUT2D eigenvalue weighted by atomic mass is 10.0. The Morgan fingerprint density at radius 1 is 1.75 bits per heavy atom. The first-order valence-electron chi connectivity index (χ1n) is 3.75. The molecule has 1 fully saturated rings. The zero-order chi connectivity index (χ0) is 8.60. The zero-order valence-corrected chi connectivity index (χ0v) is 8.78. The van der Waals surface area contributed by atoms with Gasteiger partial charge in [0.1, 0.15) is 10.2 Å². The molecule has 0 aromatic carbocycles. The molecule has 0 saturated carbocycles. The van der Waals surface area contributed by atoms with E-state index in [1.54, 1.807) is 5.51 Å². The van der Waals surface area contributed by atoms with Gasteiger partial charge in [-0.25, -0.2) is 4.98 Å². The van der Waals surface area contributed by atoms with E-state index in [2.05, 4.69) is 26.2 Å². The molecule has 1 atom stereocenters. The summed E-state index contributed by atoms with van der Waals surface area (Å²) in [6, 6.07) is 0. The van der Waals surface area contributed by atoms with Gasteiger partial charge >= 0.3 is 0 Å². The van der Waals surface area contributed by atoms with Crippen LogP contribution in [-0.4, -0.2) is 23.2 Å². The van der Waals surface area contributed by atoms with Crippen molar-refractivity contribution >= 4 is 27.3 Å². The van der Waals surface area contributed by atoms with E-state index < -0.39 is 5.60 Å². The molecule has 12 heavy (non-hydrogen) atoms. The quantitative estimate of drug-likeness (QED) is 0.783. The van der Waals surface area contributed by atoms with Gasteiger partial charge < -0.3 is 10.4 Å². The van der Waals surface area contributed by atoms with Gasteiger partial charge in [0.2, 0.25) is 0 Å². The Balaban J connectivity index is 2.34. The van der Waals surface area contributed by atoms with Crippen LogP contribution in [0.4, 0.5) is 0 Å². The Morgan fingerprint density at radius 3 is 3.08 bits per heavy atom. The number of nitrogens with one attached hydrogen (secondary N) is 1. The number of halogens is 1. The summed E-state index contributed by atoms with van der Waals surface area (Å²) >= 11 is 4.82. The molecule has 0 bridgehead atoms. The Morgan fingerprint density at radius 2 is 2.58 bits per heavy atom. The molecule has 1 unspecified atom stereocenters. The number of aliphatic hydroxyl groups is 1. The highest BCUT2D eigenvalue weighted by Crippen LogP contribution is 2.35. The van der Waals surface area contributed by atoms with Gasteiger partial charge in [-0.15, -0.1) is 11.3 Å². The van der Waals surface area contributed by atoms with Crippen LogP contribution in [0.5, 0.6) is 0 Å². The summed E-state index contributed by atoms with van der Waals surface area (Å²) in [6.45, 7) is 1.51. The average molecular weight is 249 g/mol. The maximum absolute atomic E-state index is 10.1. The Kier molecular flexibility index (Phi) is 2.20. The lowest BCUT2D eigenvalue weighted by molar-refractivity contribution is 0.0617. The molecular weight excluding hydrogens is 240 g/mol. The first-order chi connectivity index (χ1) is 5.72. The van der Waals surface area contributed by atoms with Crippen LogP contribution in [0.3, 0.4) is 0 Å². The molecule has 2 heterocycles. The van der Waals surface area contributed by atoms with Crippen molar-refractivity contribution in [3.05, 3.63) is 15.0 Å². The molecule has 0 amide bonds. The normalized spacial score (nSPS) is 29.5. The minimum Gasteiger partial charge on any atom is -0.383 e. The molecular formula is C7H9BrN2OS. The van der Waals surface area contributed by atoms with E-state index in [9.17, 15) is 5.11 Å². The van der Waals surface area contributed by atoms with Crippen LogP contribution in [0, 0.1) is 0 Å². The molecule has 0 aliphatic carbocycles. The summed E-state index contributed by atoms with van der Waals surface area (Å²) in [5.41, 5.74) is 1.05. The zero-order valence-electron chi connectivity index (χ0n) is 6.38. The van der Waals surface area contributed by atoms with Gasteiger partial charge in [-0.05, 0) is 28.9 Å². The smallest absolute Gasteiger partial charge is 0.123 e. The van der Waals surface area contributed by atoms with Crippen molar-refractivity contribution in [2.75, 3.05) is 13.1 Å². The second-order valence-electron chi connectivity index (χ2n) is 2.93. The number of hydrogen-bond acceptors (Lipinski definition) is 4. The third-order valence-electron chi connectivity index (χ3n) is 2.08. The predicted octanol–water partition coefficient (Wildman–Crippen LogP) is 1.09. The van der Waals surface area contributed by atoms with E-state index in [1.807, 2.05) is 0 Å². The van der Waals surface area contributed by atoms with E-state index in [1.165, 1.54) is 11.3 Å². The van der Waals surface area contributed by atoms with Gasteiger partial charge in [-0.1, -0.05) is 0 Å². The second-order valence-corrected chi connectivity index (χ2v) is 4.54. The molecule has 5 heteroatoms. The highest BCUT2D eigenvalue weighted by molar-refractivity contribution is 9.10. The van der Waals surface area contributed by atoms with Crippen LogP contribution in [0.15, 0.2) is 10.1 Å². The van der Waals surface area contributed by atoms with Crippen molar-refractivity contribution < 1.29 is 5.11 Å². The molecule has 3 nitrogen and oxygen atoms in total. The van der Waals surface area contributed by atoms with Crippen molar-refractivity contribution in [3.63, 3.8) is 0 Å². The van der Waals surface area contributed by atoms with Crippen LogP contribution in [0.2, 0.25) is 0 Å². The lowest BCUT2D eigenvalue weighted by Gasteiger charge is -2.19. The van der Waals surface area contributed by atoms with E-state index >= 15 is 0 Å². The molecule has 1 aromatic rings. The third kappa shape index (κ3) is 1.31. The number of aromatic nitrogens is 1. The van der Waals surface area contributed by atoms with Gasteiger partial charge in [0.05, 0.1) is 10.4 Å². The standard InChI is InChI=1S/C7H9BrN2OS/c8-6-5(12-4-10-6)7(11)1-2-9-3-7/h4,9,11H,1-3H2. The fraction of sp³-hybridized carbons (Fsp3) is 0.571. The predicted molar refractivity (Wildman–Crippen MR) is 51.2 cm³/mol. The summed E-state index contributed by atoms with van der Waals surface area (Å²) in [7, 11) is 0. The van der Waals surface area contributed by atoms with Gasteiger partial charge in [0.25, 0.3) is 0 Å². The first kappa shape index (κ1) is 8.62. The largest absolute Gasteiger partial charge is 0.383 e. The van der Waals surface area contributed by atoms with Crippen LogP contribution < -0.4 is 5.32 Å². The molecule has 2 rings (SSSR count). The Hall–Kier alpha value is 0.0300. The topological polar surface area (TPSA) is 45.2 Å². The number of nitrogens with zero attached hydrogens (tertiary/aromatic N) is 1. The molecule has 0 spiro atoms. The molecule has 0 radical (unpaired) electrons. The van der Waals surface area contributed by atoms with E-state index in [-0.39, 0.29) is 0 Å². The minimum absolute atomic E-state index is 0.633.